The van der Waals surface area contributed by atoms with Crippen LogP contribution in [0.4, 0.5) is 5.69 Å². The van der Waals surface area contributed by atoms with Gasteiger partial charge in [-0.3, -0.25) is 9.59 Å². The van der Waals surface area contributed by atoms with Gasteiger partial charge < -0.3 is 15.8 Å². The predicted molar refractivity (Wildman–Crippen MR) is 76.6 cm³/mol. The summed E-state index contributed by atoms with van der Waals surface area (Å²) >= 11 is 0. The maximum atomic E-state index is 12.2. The van der Waals surface area contributed by atoms with Gasteiger partial charge in [0.1, 0.15) is 5.75 Å². The van der Waals surface area contributed by atoms with Crippen molar-refractivity contribution < 1.29 is 14.3 Å². The Morgan fingerprint density at radius 1 is 1.35 bits per heavy atom. The van der Waals surface area contributed by atoms with Crippen LogP contribution < -0.4 is 15.8 Å². The number of methoxy groups -OCH3 is 1. The van der Waals surface area contributed by atoms with E-state index in [-0.39, 0.29) is 11.8 Å². The SMILES string of the molecule is COc1ccc(C(N)=O)cc1NC(=O)[C@H]1CC=CCC1. The second kappa shape index (κ2) is 6.23. The van der Waals surface area contributed by atoms with Gasteiger partial charge in [-0.2, -0.15) is 0 Å². The number of allylic oxidation sites excluding steroid dienone is 2. The van der Waals surface area contributed by atoms with Gasteiger partial charge in [-0.05, 0) is 37.5 Å². The van der Waals surface area contributed by atoms with E-state index >= 15 is 0 Å². The predicted octanol–water partition coefficient (Wildman–Crippen LogP) is 2.09. The molecule has 0 radical (unpaired) electrons. The van der Waals surface area contributed by atoms with Crippen LogP contribution in [0, 0.1) is 5.92 Å². The fraction of sp³-hybridized carbons (Fsp3) is 0.333. The van der Waals surface area contributed by atoms with Crippen LogP contribution in [-0.2, 0) is 4.79 Å². The van der Waals surface area contributed by atoms with Crippen LogP contribution in [0.1, 0.15) is 29.6 Å². The van der Waals surface area contributed by atoms with Crippen LogP contribution in [0.3, 0.4) is 0 Å². The molecule has 0 aliphatic heterocycles. The van der Waals surface area contributed by atoms with E-state index in [1.54, 1.807) is 12.1 Å². The summed E-state index contributed by atoms with van der Waals surface area (Å²) in [7, 11) is 1.51. The Morgan fingerprint density at radius 3 is 2.75 bits per heavy atom. The molecular weight excluding hydrogens is 256 g/mol. The maximum absolute atomic E-state index is 12.2. The Kier molecular flexibility index (Phi) is 4.40. The van der Waals surface area contributed by atoms with Gasteiger partial charge in [-0.15, -0.1) is 0 Å². The van der Waals surface area contributed by atoms with Gasteiger partial charge in [0.05, 0.1) is 12.8 Å². The van der Waals surface area contributed by atoms with Crippen molar-refractivity contribution in [2.24, 2.45) is 11.7 Å². The van der Waals surface area contributed by atoms with E-state index in [0.29, 0.717) is 17.0 Å². The van der Waals surface area contributed by atoms with Crippen LogP contribution in [0.15, 0.2) is 30.4 Å². The fourth-order valence-electron chi connectivity index (χ4n) is 2.23. The standard InChI is InChI=1S/C15H18N2O3/c1-20-13-8-7-11(14(16)18)9-12(13)17-15(19)10-5-3-2-4-6-10/h2-3,7-10H,4-6H2,1H3,(H2,16,18)(H,17,19)/t10-/m0/s1. The van der Waals surface area contributed by atoms with Crippen molar-refractivity contribution in [1.29, 1.82) is 0 Å². The van der Waals surface area contributed by atoms with Crippen LogP contribution in [0.5, 0.6) is 5.75 Å². The van der Waals surface area contributed by atoms with E-state index in [9.17, 15) is 9.59 Å². The molecule has 2 amide bonds. The van der Waals surface area contributed by atoms with Crippen molar-refractivity contribution in [2.45, 2.75) is 19.3 Å². The topological polar surface area (TPSA) is 81.4 Å². The van der Waals surface area contributed by atoms with E-state index in [0.717, 1.165) is 19.3 Å². The number of benzene rings is 1. The third kappa shape index (κ3) is 3.17. The number of carbonyl (C=O) groups is 2. The summed E-state index contributed by atoms with van der Waals surface area (Å²) in [6.45, 7) is 0. The molecule has 0 spiro atoms. The molecular formula is C15H18N2O3. The minimum atomic E-state index is -0.538. The molecule has 3 N–H and O–H groups in total. The van der Waals surface area contributed by atoms with Gasteiger partial charge in [-0.25, -0.2) is 0 Å². The molecule has 0 unspecified atom stereocenters. The molecule has 1 aromatic rings. The zero-order valence-corrected chi connectivity index (χ0v) is 11.4. The molecule has 2 rings (SSSR count). The van der Waals surface area contributed by atoms with Gasteiger partial charge in [0.2, 0.25) is 11.8 Å². The van der Waals surface area contributed by atoms with Gasteiger partial charge in [-0.1, -0.05) is 12.2 Å². The van der Waals surface area contributed by atoms with Crippen molar-refractivity contribution in [1.82, 2.24) is 0 Å². The highest BCUT2D eigenvalue weighted by atomic mass is 16.5. The van der Waals surface area contributed by atoms with E-state index in [1.165, 1.54) is 13.2 Å². The molecule has 5 nitrogen and oxygen atoms in total. The van der Waals surface area contributed by atoms with Crippen LogP contribution in [0.25, 0.3) is 0 Å². The molecule has 20 heavy (non-hydrogen) atoms. The second-order valence-electron chi connectivity index (χ2n) is 4.75. The minimum absolute atomic E-state index is 0.0399. The monoisotopic (exact) mass is 274 g/mol. The van der Waals surface area contributed by atoms with Crippen LogP contribution >= 0.6 is 0 Å². The first kappa shape index (κ1) is 14.1. The average molecular weight is 274 g/mol. The Bertz CT molecular complexity index is 552. The Balaban J connectivity index is 2.18. The van der Waals surface area contributed by atoms with E-state index < -0.39 is 5.91 Å². The number of nitrogens with one attached hydrogen (secondary N) is 1. The summed E-state index contributed by atoms with van der Waals surface area (Å²) in [4.78, 5) is 23.4. The summed E-state index contributed by atoms with van der Waals surface area (Å²) in [5.74, 6) is -0.130. The lowest BCUT2D eigenvalue weighted by Crippen LogP contribution is -2.24. The van der Waals surface area contributed by atoms with Gasteiger partial charge in [0.15, 0.2) is 0 Å². The zero-order valence-electron chi connectivity index (χ0n) is 11.4. The number of nitrogens with two attached hydrogens (primary N) is 1. The van der Waals surface area contributed by atoms with E-state index in [4.69, 9.17) is 10.5 Å². The molecule has 0 saturated heterocycles. The second-order valence-corrected chi connectivity index (χ2v) is 4.75. The average Bonchev–Trinajstić information content (AvgIpc) is 2.48. The molecule has 1 aliphatic rings. The van der Waals surface area contributed by atoms with Crippen molar-refractivity contribution in [2.75, 3.05) is 12.4 Å². The molecule has 106 valence electrons. The molecule has 1 aromatic carbocycles. The van der Waals surface area contributed by atoms with Crippen molar-refractivity contribution in [3.05, 3.63) is 35.9 Å². The summed E-state index contributed by atoms with van der Waals surface area (Å²) < 4.78 is 5.19. The quantitative estimate of drug-likeness (QED) is 0.825. The molecule has 0 saturated carbocycles. The normalized spacial score (nSPS) is 17.6. The third-order valence-corrected chi connectivity index (χ3v) is 3.38. The molecule has 1 atom stereocenters. The lowest BCUT2D eigenvalue weighted by atomic mass is 9.93. The number of primary amides is 1. The molecule has 5 heteroatoms. The Hall–Kier alpha value is -2.30. The number of rotatable bonds is 4. The lowest BCUT2D eigenvalue weighted by Gasteiger charge is -2.18. The highest BCUT2D eigenvalue weighted by Crippen LogP contribution is 2.27. The van der Waals surface area contributed by atoms with Crippen molar-refractivity contribution >= 4 is 17.5 Å². The number of anilines is 1. The van der Waals surface area contributed by atoms with Crippen molar-refractivity contribution in [3.63, 3.8) is 0 Å². The number of amides is 2. The highest BCUT2D eigenvalue weighted by Gasteiger charge is 2.20. The summed E-state index contributed by atoms with van der Waals surface area (Å²) in [6, 6.07) is 4.73. The first-order valence-corrected chi connectivity index (χ1v) is 6.55. The van der Waals surface area contributed by atoms with Gasteiger partial charge in [0.25, 0.3) is 0 Å². The van der Waals surface area contributed by atoms with E-state index in [2.05, 4.69) is 11.4 Å². The fourth-order valence-corrected chi connectivity index (χ4v) is 2.23. The van der Waals surface area contributed by atoms with Crippen LogP contribution in [-0.4, -0.2) is 18.9 Å². The zero-order chi connectivity index (χ0) is 14.5. The summed E-state index contributed by atoms with van der Waals surface area (Å²) in [6.07, 6.45) is 6.59. The maximum Gasteiger partial charge on any atom is 0.248 e. The van der Waals surface area contributed by atoms with Gasteiger partial charge in [0, 0.05) is 11.5 Å². The lowest BCUT2D eigenvalue weighted by molar-refractivity contribution is -0.120. The molecule has 0 bridgehead atoms. The third-order valence-electron chi connectivity index (χ3n) is 3.38. The smallest absolute Gasteiger partial charge is 0.248 e. The number of hydrogen-bond acceptors (Lipinski definition) is 3. The highest BCUT2D eigenvalue weighted by molar-refractivity contribution is 5.98. The number of ether oxygens (including phenoxy) is 1. The molecule has 0 heterocycles. The minimum Gasteiger partial charge on any atom is -0.495 e. The Morgan fingerprint density at radius 2 is 2.15 bits per heavy atom. The number of hydrogen-bond donors (Lipinski definition) is 2. The first-order chi connectivity index (χ1) is 9.61. The Labute approximate surface area is 117 Å². The van der Waals surface area contributed by atoms with Crippen LogP contribution in [0.2, 0.25) is 0 Å². The first-order valence-electron chi connectivity index (χ1n) is 6.55. The largest absolute Gasteiger partial charge is 0.495 e. The molecule has 0 fully saturated rings. The molecule has 1 aliphatic carbocycles. The summed E-state index contributed by atoms with van der Waals surface area (Å²) in [5, 5.41) is 2.82. The summed E-state index contributed by atoms with van der Waals surface area (Å²) in [5.41, 5.74) is 6.06. The van der Waals surface area contributed by atoms with Gasteiger partial charge >= 0.3 is 0 Å². The van der Waals surface area contributed by atoms with E-state index in [1.807, 2.05) is 6.08 Å². The number of carbonyl (C=O) groups excluding carboxylic acids is 2. The van der Waals surface area contributed by atoms with Crippen molar-refractivity contribution in [3.8, 4) is 5.75 Å². The molecule has 0 aromatic heterocycles.